The van der Waals surface area contributed by atoms with Crippen molar-refractivity contribution in [3.05, 3.63) is 34.9 Å². The minimum Gasteiger partial charge on any atom is -0.467 e. The number of halogens is 1. The summed E-state index contributed by atoms with van der Waals surface area (Å²) < 4.78 is 9.77. The summed E-state index contributed by atoms with van der Waals surface area (Å²) in [5.74, 6) is -0.867. The molecule has 1 aromatic carbocycles. The third-order valence-electron chi connectivity index (χ3n) is 3.01. The van der Waals surface area contributed by atoms with E-state index in [1.54, 1.807) is 45.0 Å². The van der Waals surface area contributed by atoms with Gasteiger partial charge in [0.05, 0.1) is 12.1 Å². The third kappa shape index (κ3) is 6.58. The Morgan fingerprint density at radius 1 is 1.21 bits per heavy atom. The van der Waals surface area contributed by atoms with Gasteiger partial charge < -0.3 is 14.8 Å². The molecule has 0 fully saturated rings. The largest absolute Gasteiger partial charge is 0.467 e. The Labute approximate surface area is 146 Å². The van der Waals surface area contributed by atoms with Crippen molar-refractivity contribution in [3.8, 4) is 0 Å². The zero-order valence-electron chi connectivity index (χ0n) is 14.2. The van der Waals surface area contributed by atoms with Gasteiger partial charge in [0.1, 0.15) is 11.6 Å². The fraction of sp³-hybridized carbons (Fsp3) is 0.471. The van der Waals surface area contributed by atoms with Crippen LogP contribution in [0.2, 0.25) is 5.02 Å². The number of hydrogen-bond donors (Lipinski definition) is 1. The van der Waals surface area contributed by atoms with E-state index in [-0.39, 0.29) is 18.6 Å². The van der Waals surface area contributed by atoms with Crippen LogP contribution in [0.25, 0.3) is 0 Å². The van der Waals surface area contributed by atoms with Gasteiger partial charge >= 0.3 is 12.1 Å². The van der Waals surface area contributed by atoms with Crippen LogP contribution in [0.4, 0.5) is 4.79 Å². The Kier molecular flexibility index (Phi) is 7.22. The van der Waals surface area contributed by atoms with Crippen LogP contribution in [-0.4, -0.2) is 36.6 Å². The number of amides is 1. The molecule has 0 aliphatic heterocycles. The SMILES string of the molecule is COC(=O)[C@H](CCC(=O)c1ccccc1Cl)NC(=O)OC(C)(C)C. The molecule has 132 valence electrons. The summed E-state index contributed by atoms with van der Waals surface area (Å²) in [6, 6.07) is 5.68. The van der Waals surface area contributed by atoms with Gasteiger partial charge in [0, 0.05) is 12.0 Å². The highest BCUT2D eigenvalue weighted by atomic mass is 35.5. The number of benzene rings is 1. The summed E-state index contributed by atoms with van der Waals surface area (Å²) in [7, 11) is 1.21. The number of ketones is 1. The maximum atomic E-state index is 12.2. The van der Waals surface area contributed by atoms with Crippen LogP contribution in [0.5, 0.6) is 0 Å². The van der Waals surface area contributed by atoms with E-state index in [0.29, 0.717) is 10.6 Å². The highest BCUT2D eigenvalue weighted by molar-refractivity contribution is 6.33. The van der Waals surface area contributed by atoms with Crippen molar-refractivity contribution in [1.29, 1.82) is 0 Å². The topological polar surface area (TPSA) is 81.7 Å². The Morgan fingerprint density at radius 2 is 1.83 bits per heavy atom. The molecule has 1 aromatic rings. The molecule has 0 bridgehead atoms. The van der Waals surface area contributed by atoms with Crippen LogP contribution in [0.15, 0.2) is 24.3 Å². The van der Waals surface area contributed by atoms with E-state index in [0.717, 1.165) is 0 Å². The molecule has 1 N–H and O–H groups in total. The molecule has 0 unspecified atom stereocenters. The number of carbonyl (C=O) groups is 3. The zero-order chi connectivity index (χ0) is 18.3. The molecule has 7 heteroatoms. The van der Waals surface area contributed by atoms with Crippen LogP contribution in [0.1, 0.15) is 44.0 Å². The molecule has 1 amide bonds. The second kappa shape index (κ2) is 8.68. The fourth-order valence-corrected chi connectivity index (χ4v) is 2.18. The quantitative estimate of drug-likeness (QED) is 0.625. The summed E-state index contributed by atoms with van der Waals surface area (Å²) >= 11 is 5.98. The van der Waals surface area contributed by atoms with Crippen molar-refractivity contribution in [1.82, 2.24) is 5.32 Å². The summed E-state index contributed by atoms with van der Waals surface area (Å²) in [4.78, 5) is 35.8. The van der Waals surface area contributed by atoms with E-state index in [4.69, 9.17) is 16.3 Å². The first kappa shape index (κ1) is 20.0. The Balaban J connectivity index is 2.70. The van der Waals surface area contributed by atoms with Crippen LogP contribution in [-0.2, 0) is 14.3 Å². The van der Waals surface area contributed by atoms with Crippen molar-refractivity contribution in [3.63, 3.8) is 0 Å². The van der Waals surface area contributed by atoms with E-state index in [2.05, 4.69) is 10.1 Å². The van der Waals surface area contributed by atoms with Crippen molar-refractivity contribution < 1.29 is 23.9 Å². The van der Waals surface area contributed by atoms with Crippen molar-refractivity contribution in [2.75, 3.05) is 7.11 Å². The van der Waals surface area contributed by atoms with Crippen LogP contribution in [0.3, 0.4) is 0 Å². The highest BCUT2D eigenvalue weighted by Gasteiger charge is 2.26. The molecule has 0 spiro atoms. The average Bonchev–Trinajstić information content (AvgIpc) is 2.49. The van der Waals surface area contributed by atoms with Crippen molar-refractivity contribution >= 4 is 29.4 Å². The van der Waals surface area contributed by atoms with E-state index >= 15 is 0 Å². The normalized spacial score (nSPS) is 12.2. The maximum Gasteiger partial charge on any atom is 0.408 e. The van der Waals surface area contributed by atoms with Crippen LogP contribution in [0, 0.1) is 0 Å². The predicted octanol–water partition coefficient (Wildman–Crippen LogP) is 3.37. The lowest BCUT2D eigenvalue weighted by Crippen LogP contribution is -2.44. The number of esters is 1. The monoisotopic (exact) mass is 355 g/mol. The summed E-state index contributed by atoms with van der Waals surface area (Å²) in [6.07, 6.45) is -0.641. The number of Topliss-reactive ketones (excluding diaryl/α,β-unsaturated/α-hetero) is 1. The van der Waals surface area contributed by atoms with Gasteiger partial charge in [-0.15, -0.1) is 0 Å². The molecule has 1 atom stereocenters. The lowest BCUT2D eigenvalue weighted by molar-refractivity contribution is -0.143. The first-order valence-corrected chi connectivity index (χ1v) is 7.87. The molecule has 0 saturated heterocycles. The number of rotatable bonds is 6. The standard InChI is InChI=1S/C17H22ClNO5/c1-17(2,3)24-16(22)19-13(15(21)23-4)9-10-14(20)11-7-5-6-8-12(11)18/h5-8,13H,9-10H2,1-4H3,(H,19,22)/t13-/m0/s1. The lowest BCUT2D eigenvalue weighted by atomic mass is 10.0. The van der Waals surface area contributed by atoms with Gasteiger partial charge in [-0.3, -0.25) is 4.79 Å². The molecular weight excluding hydrogens is 334 g/mol. The molecule has 0 saturated carbocycles. The van der Waals surface area contributed by atoms with Gasteiger partial charge in [0.25, 0.3) is 0 Å². The molecule has 24 heavy (non-hydrogen) atoms. The van der Waals surface area contributed by atoms with Crippen molar-refractivity contribution in [2.45, 2.75) is 45.3 Å². The van der Waals surface area contributed by atoms with E-state index in [9.17, 15) is 14.4 Å². The second-order valence-corrected chi connectivity index (χ2v) is 6.57. The second-order valence-electron chi connectivity index (χ2n) is 6.16. The third-order valence-corrected chi connectivity index (χ3v) is 3.34. The van der Waals surface area contributed by atoms with Gasteiger partial charge in [0.2, 0.25) is 0 Å². The molecule has 6 nitrogen and oxygen atoms in total. The molecule has 0 aromatic heterocycles. The Morgan fingerprint density at radius 3 is 2.38 bits per heavy atom. The van der Waals surface area contributed by atoms with E-state index < -0.39 is 23.7 Å². The van der Waals surface area contributed by atoms with Gasteiger partial charge in [-0.2, -0.15) is 0 Å². The number of hydrogen-bond acceptors (Lipinski definition) is 5. The first-order valence-electron chi connectivity index (χ1n) is 7.49. The van der Waals surface area contributed by atoms with Crippen LogP contribution < -0.4 is 5.32 Å². The Bertz CT molecular complexity index is 609. The smallest absolute Gasteiger partial charge is 0.408 e. The minimum atomic E-state index is -0.976. The molecule has 0 aliphatic carbocycles. The van der Waals surface area contributed by atoms with Crippen LogP contribution >= 0.6 is 11.6 Å². The number of ether oxygens (including phenoxy) is 2. The molecule has 1 rings (SSSR count). The summed E-state index contributed by atoms with van der Waals surface area (Å²) in [5, 5.41) is 2.77. The summed E-state index contributed by atoms with van der Waals surface area (Å²) in [5.41, 5.74) is -0.321. The summed E-state index contributed by atoms with van der Waals surface area (Å²) in [6.45, 7) is 5.13. The lowest BCUT2D eigenvalue weighted by Gasteiger charge is -2.22. The molecule has 0 radical (unpaired) electrons. The number of nitrogens with one attached hydrogen (secondary N) is 1. The van der Waals surface area contributed by atoms with Gasteiger partial charge in [-0.05, 0) is 39.3 Å². The molecule has 0 heterocycles. The highest BCUT2D eigenvalue weighted by Crippen LogP contribution is 2.18. The van der Waals surface area contributed by atoms with Gasteiger partial charge in [-0.1, -0.05) is 23.7 Å². The van der Waals surface area contributed by atoms with Crippen molar-refractivity contribution in [2.24, 2.45) is 0 Å². The predicted molar refractivity (Wildman–Crippen MR) is 90.2 cm³/mol. The zero-order valence-corrected chi connectivity index (χ0v) is 15.0. The number of carbonyl (C=O) groups excluding carboxylic acids is 3. The number of alkyl carbamates (subject to hydrolysis) is 1. The minimum absolute atomic E-state index is 0.0271. The first-order chi connectivity index (χ1) is 11.1. The number of methoxy groups -OCH3 is 1. The average molecular weight is 356 g/mol. The molecular formula is C17H22ClNO5. The molecule has 0 aliphatic rings. The maximum absolute atomic E-state index is 12.2. The van der Waals surface area contributed by atoms with Gasteiger partial charge in [0.15, 0.2) is 5.78 Å². The van der Waals surface area contributed by atoms with E-state index in [1.165, 1.54) is 7.11 Å². The van der Waals surface area contributed by atoms with Gasteiger partial charge in [-0.25, -0.2) is 9.59 Å². The Hall–Kier alpha value is -2.08. The fourth-order valence-electron chi connectivity index (χ4n) is 1.94. The van der Waals surface area contributed by atoms with E-state index in [1.807, 2.05) is 0 Å².